The molecule has 0 atom stereocenters. The van der Waals surface area contributed by atoms with E-state index in [-0.39, 0.29) is 11.5 Å². The molecule has 0 fully saturated rings. The molecule has 0 saturated carbocycles. The number of anilines is 1. The van der Waals surface area contributed by atoms with E-state index in [4.69, 9.17) is 5.26 Å². The van der Waals surface area contributed by atoms with Gasteiger partial charge in [-0.3, -0.25) is 4.79 Å². The van der Waals surface area contributed by atoms with E-state index in [2.05, 4.69) is 5.32 Å². The Morgan fingerprint density at radius 3 is 2.63 bits per heavy atom. The number of nitrogens with zero attached hydrogens (tertiary/aromatic N) is 2. The molecule has 1 aromatic carbocycles. The zero-order valence-corrected chi connectivity index (χ0v) is 11.2. The summed E-state index contributed by atoms with van der Waals surface area (Å²) in [5.41, 5.74) is 0.591. The van der Waals surface area contributed by atoms with Crippen LogP contribution in [0.3, 0.4) is 0 Å². The quantitative estimate of drug-likeness (QED) is 0.857. The Balaban J connectivity index is 2.48. The van der Waals surface area contributed by atoms with Crippen LogP contribution in [0.25, 0.3) is 0 Å². The topological polar surface area (TPSA) is 56.1 Å². The van der Waals surface area contributed by atoms with Crippen LogP contribution in [0.1, 0.15) is 25.8 Å². The average molecular weight is 263 g/mol. The van der Waals surface area contributed by atoms with Gasteiger partial charge >= 0.3 is 0 Å². The fourth-order valence-corrected chi connectivity index (χ4v) is 1.76. The summed E-state index contributed by atoms with van der Waals surface area (Å²) in [6, 6.07) is 6.08. The molecule has 102 valence electrons. The van der Waals surface area contributed by atoms with Crippen LogP contribution in [-0.4, -0.2) is 30.4 Å². The van der Waals surface area contributed by atoms with Crippen molar-refractivity contribution < 1.29 is 9.18 Å². The number of amides is 1. The third kappa shape index (κ3) is 4.25. The minimum atomic E-state index is -0.553. The highest BCUT2D eigenvalue weighted by Crippen LogP contribution is 2.13. The van der Waals surface area contributed by atoms with Gasteiger partial charge in [0.1, 0.15) is 11.9 Å². The van der Waals surface area contributed by atoms with Crippen molar-refractivity contribution >= 4 is 11.6 Å². The maximum absolute atomic E-state index is 13.3. The molecule has 0 aromatic heterocycles. The molecule has 4 nitrogen and oxygen atoms in total. The van der Waals surface area contributed by atoms with Gasteiger partial charge in [0.2, 0.25) is 5.91 Å². The highest BCUT2D eigenvalue weighted by Gasteiger charge is 2.09. The van der Waals surface area contributed by atoms with Crippen LogP contribution in [0, 0.1) is 17.1 Å². The van der Waals surface area contributed by atoms with E-state index in [0.717, 1.165) is 0 Å². The Labute approximate surface area is 112 Å². The molecule has 0 bridgehead atoms. The predicted molar refractivity (Wildman–Crippen MR) is 72.1 cm³/mol. The van der Waals surface area contributed by atoms with E-state index < -0.39 is 5.82 Å². The second kappa shape index (κ2) is 7.37. The fraction of sp³-hybridized carbons (Fsp3) is 0.429. The zero-order valence-electron chi connectivity index (χ0n) is 11.2. The largest absolute Gasteiger partial charge is 0.384 e. The molecule has 0 aliphatic rings. The summed E-state index contributed by atoms with van der Waals surface area (Å²) in [5.74, 6) is -0.478. The highest BCUT2D eigenvalue weighted by atomic mass is 19.1. The van der Waals surface area contributed by atoms with Crippen molar-refractivity contribution in [2.24, 2.45) is 0 Å². The van der Waals surface area contributed by atoms with E-state index in [1.165, 1.54) is 12.1 Å². The normalized spacial score (nSPS) is 9.79. The smallest absolute Gasteiger partial charge is 0.224 e. The molecule has 1 amide bonds. The molecule has 19 heavy (non-hydrogen) atoms. The Morgan fingerprint density at radius 2 is 2.11 bits per heavy atom. The van der Waals surface area contributed by atoms with Crippen LogP contribution < -0.4 is 5.32 Å². The van der Waals surface area contributed by atoms with Crippen LogP contribution in [0.5, 0.6) is 0 Å². The van der Waals surface area contributed by atoms with E-state index in [1.54, 1.807) is 17.0 Å². The van der Waals surface area contributed by atoms with Crippen LogP contribution >= 0.6 is 0 Å². The number of nitrogens with one attached hydrogen (secondary N) is 1. The minimum Gasteiger partial charge on any atom is -0.384 e. The summed E-state index contributed by atoms with van der Waals surface area (Å²) in [4.78, 5) is 13.5. The van der Waals surface area contributed by atoms with Crippen molar-refractivity contribution in [3.8, 4) is 6.07 Å². The Hall–Kier alpha value is -2.09. The summed E-state index contributed by atoms with van der Waals surface area (Å²) in [6.45, 7) is 5.71. The number of benzene rings is 1. The standard InChI is InChI=1S/C14H18FN3O/c1-3-18(4-2)14(19)7-8-17-12-6-5-11(10-16)13(15)9-12/h5-6,9,17H,3-4,7-8H2,1-2H3. The van der Waals surface area contributed by atoms with E-state index in [1.807, 2.05) is 13.8 Å². The second-order valence-corrected chi connectivity index (χ2v) is 4.05. The van der Waals surface area contributed by atoms with Gasteiger partial charge < -0.3 is 10.2 Å². The lowest BCUT2D eigenvalue weighted by atomic mass is 10.2. The molecule has 0 aliphatic carbocycles. The van der Waals surface area contributed by atoms with Crippen LogP contribution in [0.2, 0.25) is 0 Å². The molecule has 5 heteroatoms. The molecule has 0 saturated heterocycles. The molecule has 1 rings (SSSR count). The van der Waals surface area contributed by atoms with Gasteiger partial charge in [-0.1, -0.05) is 0 Å². The first-order valence-corrected chi connectivity index (χ1v) is 6.33. The number of hydrogen-bond acceptors (Lipinski definition) is 3. The van der Waals surface area contributed by atoms with Gasteiger partial charge in [0, 0.05) is 31.7 Å². The van der Waals surface area contributed by atoms with Crippen molar-refractivity contribution in [1.29, 1.82) is 5.26 Å². The number of halogens is 1. The van der Waals surface area contributed by atoms with E-state index >= 15 is 0 Å². The number of carbonyl (C=O) groups excluding carboxylic acids is 1. The Kier molecular flexibility index (Phi) is 5.80. The Bertz CT molecular complexity index is 478. The van der Waals surface area contributed by atoms with Crippen molar-refractivity contribution in [1.82, 2.24) is 4.90 Å². The van der Waals surface area contributed by atoms with Gasteiger partial charge in [-0.2, -0.15) is 5.26 Å². The number of nitriles is 1. The maximum Gasteiger partial charge on any atom is 0.224 e. The molecule has 0 spiro atoms. The number of rotatable bonds is 6. The molecular formula is C14H18FN3O. The van der Waals surface area contributed by atoms with Crippen LogP contribution in [-0.2, 0) is 4.79 Å². The predicted octanol–water partition coefficient (Wildman–Crippen LogP) is 2.37. The lowest BCUT2D eigenvalue weighted by molar-refractivity contribution is -0.130. The van der Waals surface area contributed by atoms with E-state index in [0.29, 0.717) is 31.7 Å². The third-order valence-corrected chi connectivity index (χ3v) is 2.87. The molecule has 0 aliphatic heterocycles. The highest BCUT2D eigenvalue weighted by molar-refractivity contribution is 5.76. The van der Waals surface area contributed by atoms with Crippen molar-refractivity contribution in [2.75, 3.05) is 25.0 Å². The summed E-state index contributed by atoms with van der Waals surface area (Å²) in [7, 11) is 0. The first-order chi connectivity index (χ1) is 9.12. The molecule has 0 heterocycles. The zero-order chi connectivity index (χ0) is 14.3. The fourth-order valence-electron chi connectivity index (χ4n) is 1.76. The van der Waals surface area contributed by atoms with Gasteiger partial charge in [-0.15, -0.1) is 0 Å². The maximum atomic E-state index is 13.3. The third-order valence-electron chi connectivity index (χ3n) is 2.87. The minimum absolute atomic E-state index is 0.0183. The summed E-state index contributed by atoms with van der Waals surface area (Å²) < 4.78 is 13.3. The molecular weight excluding hydrogens is 245 g/mol. The van der Waals surface area contributed by atoms with Gasteiger partial charge in [-0.05, 0) is 32.0 Å². The lowest BCUT2D eigenvalue weighted by Crippen LogP contribution is -2.31. The summed E-state index contributed by atoms with van der Waals surface area (Å²) >= 11 is 0. The lowest BCUT2D eigenvalue weighted by Gasteiger charge is -2.18. The summed E-state index contributed by atoms with van der Waals surface area (Å²) in [6.07, 6.45) is 0.364. The summed E-state index contributed by atoms with van der Waals surface area (Å²) in [5, 5.41) is 11.6. The number of hydrogen-bond donors (Lipinski definition) is 1. The van der Waals surface area contributed by atoms with Crippen molar-refractivity contribution in [3.63, 3.8) is 0 Å². The Morgan fingerprint density at radius 1 is 1.42 bits per heavy atom. The van der Waals surface area contributed by atoms with Crippen LogP contribution in [0.4, 0.5) is 10.1 Å². The monoisotopic (exact) mass is 263 g/mol. The molecule has 1 aromatic rings. The van der Waals surface area contributed by atoms with Gasteiger partial charge in [0.05, 0.1) is 5.56 Å². The SMILES string of the molecule is CCN(CC)C(=O)CCNc1ccc(C#N)c(F)c1. The average Bonchev–Trinajstić information content (AvgIpc) is 2.40. The number of carbonyl (C=O) groups is 1. The van der Waals surface area contributed by atoms with E-state index in [9.17, 15) is 9.18 Å². The van der Waals surface area contributed by atoms with Gasteiger partial charge in [0.25, 0.3) is 0 Å². The van der Waals surface area contributed by atoms with Crippen molar-refractivity contribution in [2.45, 2.75) is 20.3 Å². The second-order valence-electron chi connectivity index (χ2n) is 4.05. The van der Waals surface area contributed by atoms with Gasteiger partial charge in [-0.25, -0.2) is 4.39 Å². The molecule has 0 unspecified atom stereocenters. The first kappa shape index (κ1) is 15.0. The van der Waals surface area contributed by atoms with Crippen molar-refractivity contribution in [3.05, 3.63) is 29.6 Å². The molecule has 1 N–H and O–H groups in total. The van der Waals surface area contributed by atoms with Crippen LogP contribution in [0.15, 0.2) is 18.2 Å². The molecule has 0 radical (unpaired) electrons. The van der Waals surface area contributed by atoms with Gasteiger partial charge in [0.15, 0.2) is 0 Å². The first-order valence-electron chi connectivity index (χ1n) is 6.33.